The molecule has 0 aromatic heterocycles. The summed E-state index contributed by atoms with van der Waals surface area (Å²) in [6, 6.07) is 12.6. The topological polar surface area (TPSA) is 79.0 Å². The largest absolute Gasteiger partial charge is 0.378 e. The van der Waals surface area contributed by atoms with E-state index in [2.05, 4.69) is 5.32 Å². The lowest BCUT2D eigenvalue weighted by atomic mass is 9.66. The molecule has 5 rings (SSSR count). The minimum absolute atomic E-state index is 0.0736. The van der Waals surface area contributed by atoms with E-state index in [4.69, 9.17) is 16.3 Å². The lowest BCUT2D eigenvalue weighted by Gasteiger charge is -2.47. The zero-order valence-electron chi connectivity index (χ0n) is 18.5. The Balaban J connectivity index is 1.63. The monoisotopic (exact) mass is 467 g/mol. The number of anilines is 1. The smallest absolute Gasteiger partial charge is 0.242 e. The molecule has 1 N–H and O–H groups in total. The number of carbonyl (C=O) groups excluding carboxylic acids is 3. The number of hydrogen-bond donors (Lipinski definition) is 1. The molecule has 2 fully saturated rings. The highest BCUT2D eigenvalue weighted by atomic mass is 35.5. The molecule has 1 spiro atoms. The van der Waals surface area contributed by atoms with E-state index in [0.29, 0.717) is 43.4 Å². The summed E-state index contributed by atoms with van der Waals surface area (Å²) < 4.78 is 5.37. The van der Waals surface area contributed by atoms with Crippen LogP contribution < -0.4 is 5.32 Å². The molecule has 172 valence electrons. The van der Waals surface area contributed by atoms with Gasteiger partial charge >= 0.3 is 0 Å². The molecule has 2 aromatic carbocycles. The van der Waals surface area contributed by atoms with E-state index in [1.54, 1.807) is 21.9 Å². The summed E-state index contributed by atoms with van der Waals surface area (Å²) in [4.78, 5) is 43.5. The van der Waals surface area contributed by atoms with Crippen molar-refractivity contribution in [2.75, 3.05) is 38.2 Å². The molecule has 0 radical (unpaired) electrons. The number of fused-ring (bicyclic) bond motifs is 2. The van der Waals surface area contributed by atoms with Crippen molar-refractivity contribution in [2.45, 2.75) is 31.2 Å². The Morgan fingerprint density at radius 3 is 2.70 bits per heavy atom. The molecule has 0 saturated carbocycles. The van der Waals surface area contributed by atoms with Crippen molar-refractivity contribution in [1.29, 1.82) is 0 Å². The first-order chi connectivity index (χ1) is 15.9. The molecule has 0 aliphatic carbocycles. The second kappa shape index (κ2) is 8.47. The highest BCUT2D eigenvalue weighted by Crippen LogP contribution is 2.54. The molecule has 2 atom stereocenters. The van der Waals surface area contributed by atoms with Gasteiger partial charge in [-0.05, 0) is 42.2 Å². The maximum Gasteiger partial charge on any atom is 0.242 e. The highest BCUT2D eigenvalue weighted by Gasteiger charge is 2.58. The van der Waals surface area contributed by atoms with Crippen molar-refractivity contribution in [2.24, 2.45) is 0 Å². The molecule has 7 nitrogen and oxygen atoms in total. The molecule has 3 aliphatic rings. The molecule has 3 aliphatic heterocycles. The van der Waals surface area contributed by atoms with Crippen molar-refractivity contribution in [3.05, 3.63) is 64.2 Å². The Kier molecular flexibility index (Phi) is 5.62. The third-order valence-electron chi connectivity index (χ3n) is 7.10. The molecular weight excluding hydrogens is 442 g/mol. The predicted molar refractivity (Wildman–Crippen MR) is 124 cm³/mol. The van der Waals surface area contributed by atoms with E-state index in [0.717, 1.165) is 16.7 Å². The van der Waals surface area contributed by atoms with Gasteiger partial charge < -0.3 is 19.9 Å². The molecule has 3 amide bonds. The van der Waals surface area contributed by atoms with Crippen LogP contribution in [0.5, 0.6) is 0 Å². The van der Waals surface area contributed by atoms with Gasteiger partial charge in [-0.3, -0.25) is 14.4 Å². The van der Waals surface area contributed by atoms with E-state index in [9.17, 15) is 14.4 Å². The van der Waals surface area contributed by atoms with Gasteiger partial charge in [-0.1, -0.05) is 41.9 Å². The number of amides is 3. The SMILES string of the molecule is Cc1ccccc1[C@H]1N(CC(=O)N2CCOCC2)C(=O)CC[C@]12C(=O)Nc1cc(Cl)ccc12. The standard InChI is InChI=1S/C25H26ClN3O4/c1-16-4-2-3-5-18(16)23-25(19-7-6-17(26)14-20(19)27-24(25)32)9-8-21(30)29(23)15-22(31)28-10-12-33-13-11-28/h2-7,14,23H,8-13,15H2,1H3,(H,27,32)/t23-,25-/m1/s1. The lowest BCUT2D eigenvalue weighted by molar-refractivity contribution is -0.151. The van der Waals surface area contributed by atoms with Gasteiger partial charge in [0.15, 0.2) is 0 Å². The number of morpholine rings is 1. The minimum atomic E-state index is -0.995. The number of rotatable bonds is 3. The summed E-state index contributed by atoms with van der Waals surface area (Å²) in [6.45, 7) is 3.88. The van der Waals surface area contributed by atoms with Crippen molar-refractivity contribution in [1.82, 2.24) is 9.80 Å². The van der Waals surface area contributed by atoms with E-state index >= 15 is 0 Å². The van der Waals surface area contributed by atoms with Crippen LogP contribution in [0.25, 0.3) is 0 Å². The zero-order valence-corrected chi connectivity index (χ0v) is 19.2. The number of ether oxygens (including phenoxy) is 1. The second-order valence-corrected chi connectivity index (χ2v) is 9.33. The maximum atomic E-state index is 13.7. The number of benzene rings is 2. The molecule has 8 heteroatoms. The molecule has 2 saturated heterocycles. The van der Waals surface area contributed by atoms with E-state index < -0.39 is 11.5 Å². The van der Waals surface area contributed by atoms with Crippen molar-refractivity contribution in [3.8, 4) is 0 Å². The molecule has 0 unspecified atom stereocenters. The number of halogens is 1. The predicted octanol–water partition coefficient (Wildman–Crippen LogP) is 3.06. The van der Waals surface area contributed by atoms with Gasteiger partial charge in [0.25, 0.3) is 0 Å². The number of piperidine rings is 1. The summed E-state index contributed by atoms with van der Waals surface area (Å²) in [5, 5.41) is 3.53. The van der Waals surface area contributed by atoms with Crippen molar-refractivity contribution < 1.29 is 19.1 Å². The summed E-state index contributed by atoms with van der Waals surface area (Å²) in [5.74, 6) is -0.410. The average molecular weight is 468 g/mol. The molecule has 3 heterocycles. The van der Waals surface area contributed by atoms with Crippen LogP contribution in [0.15, 0.2) is 42.5 Å². The number of nitrogens with zero attached hydrogens (tertiary/aromatic N) is 2. The number of hydrogen-bond acceptors (Lipinski definition) is 4. The molecule has 33 heavy (non-hydrogen) atoms. The number of nitrogens with one attached hydrogen (secondary N) is 1. The first kappa shape index (κ1) is 21.9. The fourth-order valence-electron chi connectivity index (χ4n) is 5.44. The Labute approximate surface area is 197 Å². The van der Waals surface area contributed by atoms with Gasteiger partial charge in [-0.2, -0.15) is 0 Å². The lowest BCUT2D eigenvalue weighted by Crippen LogP contribution is -2.57. The number of carbonyl (C=O) groups is 3. The Bertz CT molecular complexity index is 1130. The van der Waals surface area contributed by atoms with Crippen LogP contribution >= 0.6 is 11.6 Å². The highest BCUT2D eigenvalue weighted by molar-refractivity contribution is 6.31. The average Bonchev–Trinajstić information content (AvgIpc) is 3.08. The minimum Gasteiger partial charge on any atom is -0.378 e. The van der Waals surface area contributed by atoms with Gasteiger partial charge in [-0.15, -0.1) is 0 Å². The maximum absolute atomic E-state index is 13.7. The summed E-state index contributed by atoms with van der Waals surface area (Å²) >= 11 is 6.21. The van der Waals surface area contributed by atoms with Gasteiger partial charge in [0.2, 0.25) is 17.7 Å². The van der Waals surface area contributed by atoms with Gasteiger partial charge in [0.1, 0.15) is 12.0 Å². The second-order valence-electron chi connectivity index (χ2n) is 8.89. The Morgan fingerprint density at radius 1 is 1.18 bits per heavy atom. The van der Waals surface area contributed by atoms with E-state index in [1.165, 1.54) is 0 Å². The van der Waals surface area contributed by atoms with Crippen LogP contribution in [0.3, 0.4) is 0 Å². The quantitative estimate of drug-likeness (QED) is 0.752. The molecule has 0 bridgehead atoms. The molecule has 2 aromatic rings. The van der Waals surface area contributed by atoms with E-state index in [1.807, 2.05) is 37.3 Å². The fraction of sp³-hybridized carbons (Fsp3) is 0.400. The Morgan fingerprint density at radius 2 is 1.94 bits per heavy atom. The summed E-state index contributed by atoms with van der Waals surface area (Å²) in [6.07, 6.45) is 0.557. The normalized spacial score (nSPS) is 24.7. The van der Waals surface area contributed by atoms with Crippen molar-refractivity contribution >= 4 is 35.0 Å². The van der Waals surface area contributed by atoms with Crippen LogP contribution in [-0.4, -0.2) is 60.4 Å². The fourth-order valence-corrected chi connectivity index (χ4v) is 5.62. The van der Waals surface area contributed by atoms with Crippen LogP contribution in [0, 0.1) is 6.92 Å². The van der Waals surface area contributed by atoms with Crippen LogP contribution in [0.2, 0.25) is 5.02 Å². The van der Waals surface area contributed by atoms with Gasteiger partial charge in [0.05, 0.1) is 19.3 Å². The Hall–Kier alpha value is -2.90. The number of likely N-dealkylation sites (tertiary alicyclic amines) is 1. The molecular formula is C25H26ClN3O4. The van der Waals surface area contributed by atoms with Gasteiger partial charge in [0, 0.05) is 30.2 Å². The first-order valence-corrected chi connectivity index (χ1v) is 11.6. The summed E-state index contributed by atoms with van der Waals surface area (Å²) in [5.41, 5.74) is 2.33. The van der Waals surface area contributed by atoms with Crippen LogP contribution in [0.1, 0.15) is 35.6 Å². The van der Waals surface area contributed by atoms with Crippen molar-refractivity contribution in [3.63, 3.8) is 0 Å². The third kappa shape index (κ3) is 3.60. The van der Waals surface area contributed by atoms with Crippen LogP contribution in [-0.2, 0) is 24.5 Å². The van der Waals surface area contributed by atoms with E-state index in [-0.39, 0.29) is 30.7 Å². The zero-order chi connectivity index (χ0) is 23.2. The third-order valence-corrected chi connectivity index (χ3v) is 7.34. The summed E-state index contributed by atoms with van der Waals surface area (Å²) in [7, 11) is 0. The van der Waals surface area contributed by atoms with Gasteiger partial charge in [-0.25, -0.2) is 0 Å². The first-order valence-electron chi connectivity index (χ1n) is 11.2. The number of aryl methyl sites for hydroxylation is 1. The van der Waals surface area contributed by atoms with Crippen LogP contribution in [0.4, 0.5) is 5.69 Å².